The highest BCUT2D eigenvalue weighted by Gasteiger charge is 2.34. The Morgan fingerprint density at radius 2 is 1.71 bits per heavy atom. The molecular formula is C20H15F6NO4. The molecule has 0 bridgehead atoms. The summed E-state index contributed by atoms with van der Waals surface area (Å²) in [4.78, 5) is 11.5. The van der Waals surface area contributed by atoms with Gasteiger partial charge in [-0.2, -0.15) is 13.2 Å². The molecule has 3 N–H and O–H groups in total. The van der Waals surface area contributed by atoms with Gasteiger partial charge in [0.2, 0.25) is 0 Å². The van der Waals surface area contributed by atoms with Gasteiger partial charge in [0.05, 0.1) is 18.3 Å². The molecule has 0 fully saturated rings. The second kappa shape index (κ2) is 9.72. The number of ether oxygens (including phenoxy) is 1. The van der Waals surface area contributed by atoms with Crippen molar-refractivity contribution in [3.05, 3.63) is 53.6 Å². The van der Waals surface area contributed by atoms with Gasteiger partial charge in [-0.1, -0.05) is 24.1 Å². The topological polar surface area (TPSA) is 78.8 Å². The number of benzene rings is 2. The minimum atomic E-state index is -4.93. The Bertz CT molecular complexity index is 974. The normalized spacial score (nSPS) is 12.5. The van der Waals surface area contributed by atoms with Gasteiger partial charge in [0.25, 0.3) is 5.91 Å². The first-order valence-corrected chi connectivity index (χ1v) is 8.55. The summed E-state index contributed by atoms with van der Waals surface area (Å²) in [6.45, 7) is -0.877. The number of rotatable bonds is 5. The van der Waals surface area contributed by atoms with Crippen LogP contribution in [0.25, 0.3) is 11.1 Å². The van der Waals surface area contributed by atoms with Crippen molar-refractivity contribution in [1.29, 1.82) is 0 Å². The summed E-state index contributed by atoms with van der Waals surface area (Å²) < 4.78 is 80.9. The Balaban J connectivity index is 2.29. The molecule has 0 aliphatic rings. The van der Waals surface area contributed by atoms with Crippen molar-refractivity contribution in [2.45, 2.75) is 18.6 Å². The molecule has 0 heterocycles. The third-order valence-electron chi connectivity index (χ3n) is 3.75. The van der Waals surface area contributed by atoms with E-state index in [4.69, 9.17) is 10.2 Å². The summed E-state index contributed by atoms with van der Waals surface area (Å²) in [6.07, 6.45) is -10.9. The van der Waals surface area contributed by atoms with Gasteiger partial charge < -0.3 is 20.3 Å². The number of aliphatic hydroxyl groups is 2. The molecule has 2 aromatic rings. The van der Waals surface area contributed by atoms with Gasteiger partial charge in [-0.05, 0) is 35.4 Å². The van der Waals surface area contributed by atoms with Crippen molar-refractivity contribution < 1.29 is 46.1 Å². The van der Waals surface area contributed by atoms with Crippen LogP contribution in [0.5, 0.6) is 5.75 Å². The molecule has 0 unspecified atom stereocenters. The summed E-state index contributed by atoms with van der Waals surface area (Å²) in [5, 5.41) is 19.9. The van der Waals surface area contributed by atoms with Gasteiger partial charge in [0.1, 0.15) is 5.75 Å². The largest absolute Gasteiger partial charge is 0.573 e. The van der Waals surface area contributed by atoms with Crippen molar-refractivity contribution in [3.8, 4) is 28.7 Å². The molecule has 5 nitrogen and oxygen atoms in total. The number of alkyl halides is 6. The fraction of sp³-hybridized carbons (Fsp3) is 0.250. The second-order valence-corrected chi connectivity index (χ2v) is 6.13. The fourth-order valence-corrected chi connectivity index (χ4v) is 2.39. The number of nitrogens with one attached hydrogen (secondary N) is 1. The molecule has 0 spiro atoms. The van der Waals surface area contributed by atoms with Crippen molar-refractivity contribution in [2.24, 2.45) is 0 Å². The molecule has 0 radical (unpaired) electrons. The van der Waals surface area contributed by atoms with Crippen LogP contribution in [-0.4, -0.2) is 41.7 Å². The molecule has 1 amide bonds. The molecular weight excluding hydrogens is 432 g/mol. The number of aliphatic hydroxyl groups excluding tert-OH is 2. The Hall–Kier alpha value is -3.23. The number of carbonyl (C=O) groups excluding carboxylic acids is 1. The molecule has 0 saturated heterocycles. The average Bonchev–Trinajstić information content (AvgIpc) is 2.69. The predicted octanol–water partition coefficient (Wildman–Crippen LogP) is 3.09. The first-order chi connectivity index (χ1) is 14.4. The predicted molar refractivity (Wildman–Crippen MR) is 96.5 cm³/mol. The van der Waals surface area contributed by atoms with Crippen LogP contribution in [0.4, 0.5) is 26.3 Å². The number of carbonyl (C=O) groups is 1. The minimum absolute atomic E-state index is 0.00269. The molecule has 31 heavy (non-hydrogen) atoms. The molecule has 0 aliphatic heterocycles. The van der Waals surface area contributed by atoms with E-state index in [-0.39, 0.29) is 23.2 Å². The molecule has 0 aromatic heterocycles. The van der Waals surface area contributed by atoms with Crippen molar-refractivity contribution >= 4 is 5.91 Å². The SMILES string of the molecule is O=C(C#Cc1ccc(-c2ccc(OC(F)(F)F)cc2)c(C(F)(F)F)c1)NC[C@@H](O)CO. The highest BCUT2D eigenvalue weighted by molar-refractivity contribution is 5.94. The smallest absolute Gasteiger partial charge is 0.406 e. The highest BCUT2D eigenvalue weighted by atomic mass is 19.4. The lowest BCUT2D eigenvalue weighted by molar-refractivity contribution is -0.274. The van der Waals surface area contributed by atoms with Gasteiger partial charge in [-0.25, -0.2) is 0 Å². The minimum Gasteiger partial charge on any atom is -0.406 e. The third kappa shape index (κ3) is 7.51. The maximum Gasteiger partial charge on any atom is 0.573 e. The van der Waals surface area contributed by atoms with E-state index in [1.807, 2.05) is 0 Å². The standard InChI is InChI=1S/C20H15F6NO4/c21-19(22,23)17-9-12(2-8-18(30)27-10-14(29)11-28)1-7-16(17)13-3-5-15(6-4-13)31-20(24,25)26/h1,3-7,9,14,28-29H,10-11H2,(H,27,30)/t14-/m1/s1. The fourth-order valence-electron chi connectivity index (χ4n) is 2.39. The van der Waals surface area contributed by atoms with Crippen LogP contribution in [0.1, 0.15) is 11.1 Å². The van der Waals surface area contributed by atoms with Crippen LogP contribution >= 0.6 is 0 Å². The molecule has 11 heteroatoms. The van der Waals surface area contributed by atoms with E-state index < -0.39 is 42.5 Å². The van der Waals surface area contributed by atoms with Crippen molar-refractivity contribution in [3.63, 3.8) is 0 Å². The summed E-state index contributed by atoms with van der Waals surface area (Å²) in [5.41, 5.74) is -1.53. The Kier molecular flexibility index (Phi) is 7.54. The Morgan fingerprint density at radius 3 is 2.26 bits per heavy atom. The van der Waals surface area contributed by atoms with Gasteiger partial charge in [0.15, 0.2) is 0 Å². The van der Waals surface area contributed by atoms with Gasteiger partial charge >= 0.3 is 12.5 Å². The zero-order valence-corrected chi connectivity index (χ0v) is 15.5. The lowest BCUT2D eigenvalue weighted by Gasteiger charge is -2.14. The zero-order valence-electron chi connectivity index (χ0n) is 15.5. The summed E-state index contributed by atoms with van der Waals surface area (Å²) in [6, 6.07) is 6.89. The summed E-state index contributed by atoms with van der Waals surface area (Å²) >= 11 is 0. The first-order valence-electron chi connectivity index (χ1n) is 8.55. The van der Waals surface area contributed by atoms with E-state index in [1.165, 1.54) is 6.07 Å². The van der Waals surface area contributed by atoms with Crippen LogP contribution in [0, 0.1) is 11.8 Å². The Labute approximate surface area is 172 Å². The highest BCUT2D eigenvalue weighted by Crippen LogP contribution is 2.38. The van der Waals surface area contributed by atoms with Crippen molar-refractivity contribution in [2.75, 3.05) is 13.2 Å². The number of hydrogen-bond donors (Lipinski definition) is 3. The van der Waals surface area contributed by atoms with E-state index in [1.54, 1.807) is 0 Å². The molecule has 1 atom stereocenters. The average molecular weight is 447 g/mol. The molecule has 2 aromatic carbocycles. The van der Waals surface area contributed by atoms with E-state index in [9.17, 15) is 31.1 Å². The molecule has 2 rings (SSSR count). The van der Waals surface area contributed by atoms with E-state index >= 15 is 0 Å². The van der Waals surface area contributed by atoms with Gasteiger partial charge in [-0.3, -0.25) is 4.79 Å². The van der Waals surface area contributed by atoms with Crippen molar-refractivity contribution in [1.82, 2.24) is 5.32 Å². The van der Waals surface area contributed by atoms with E-state index in [2.05, 4.69) is 21.9 Å². The van der Waals surface area contributed by atoms with Crippen LogP contribution < -0.4 is 10.1 Å². The molecule has 0 aliphatic carbocycles. The van der Waals surface area contributed by atoms with Crippen LogP contribution in [0.3, 0.4) is 0 Å². The van der Waals surface area contributed by atoms with Gasteiger partial charge in [0, 0.05) is 18.0 Å². The number of halogens is 6. The molecule has 166 valence electrons. The quantitative estimate of drug-likeness (QED) is 0.486. The first kappa shape index (κ1) is 24.0. The lowest BCUT2D eigenvalue weighted by Crippen LogP contribution is -2.33. The second-order valence-electron chi connectivity index (χ2n) is 6.13. The Morgan fingerprint density at radius 1 is 1.06 bits per heavy atom. The maximum absolute atomic E-state index is 13.5. The summed E-state index contributed by atoms with van der Waals surface area (Å²) in [7, 11) is 0. The van der Waals surface area contributed by atoms with Crippen LogP contribution in [-0.2, 0) is 11.0 Å². The van der Waals surface area contributed by atoms with Crippen LogP contribution in [0.15, 0.2) is 42.5 Å². The maximum atomic E-state index is 13.5. The number of hydrogen-bond acceptors (Lipinski definition) is 4. The van der Waals surface area contributed by atoms with E-state index in [0.29, 0.717) is 6.07 Å². The van der Waals surface area contributed by atoms with E-state index in [0.717, 1.165) is 30.3 Å². The third-order valence-corrected chi connectivity index (χ3v) is 3.75. The monoisotopic (exact) mass is 447 g/mol. The summed E-state index contributed by atoms with van der Waals surface area (Å²) in [5.74, 6) is 2.87. The van der Waals surface area contributed by atoms with Crippen LogP contribution in [0.2, 0.25) is 0 Å². The van der Waals surface area contributed by atoms with Gasteiger partial charge in [-0.15, -0.1) is 13.2 Å². The molecule has 0 saturated carbocycles. The zero-order chi connectivity index (χ0) is 23.2. The number of amides is 1. The lowest BCUT2D eigenvalue weighted by atomic mass is 9.97.